The van der Waals surface area contributed by atoms with E-state index in [0.717, 1.165) is 22.8 Å². The van der Waals surface area contributed by atoms with Gasteiger partial charge in [-0.2, -0.15) is 0 Å². The average molecular weight is 356 g/mol. The number of aryl methyl sites for hydroxylation is 2. The van der Waals surface area contributed by atoms with Crippen LogP contribution in [0.25, 0.3) is 33.9 Å². The van der Waals surface area contributed by atoms with Gasteiger partial charge in [-0.05, 0) is 59.7 Å². The van der Waals surface area contributed by atoms with Gasteiger partial charge < -0.3 is 14.0 Å². The Bertz CT molecular complexity index is 1010. The molecule has 0 saturated heterocycles. The first kappa shape index (κ1) is 17.2. The molecule has 0 aliphatic heterocycles. The highest BCUT2D eigenvalue weighted by atomic mass is 15.1. The Balaban J connectivity index is 1.88. The maximum Gasteiger partial charge on any atom is 0.0880 e. The van der Waals surface area contributed by atoms with Crippen molar-refractivity contribution in [1.82, 2.24) is 14.1 Å². The molecule has 0 aliphatic carbocycles. The van der Waals surface area contributed by atoms with Crippen LogP contribution in [0.3, 0.4) is 0 Å². The Morgan fingerprint density at radius 1 is 0.704 bits per heavy atom. The molecule has 4 aromatic rings. The molecule has 0 spiro atoms. The molecule has 136 valence electrons. The number of pyridine rings is 1. The fraction of sp³-hybridized carbons (Fsp3) is 0.174. The normalized spacial score (nSPS) is 11.0. The first-order valence-corrected chi connectivity index (χ1v) is 9.06. The summed E-state index contributed by atoms with van der Waals surface area (Å²) in [6.07, 6.45) is 4.11. The van der Waals surface area contributed by atoms with Gasteiger partial charge in [0.05, 0.1) is 22.8 Å². The van der Waals surface area contributed by atoms with Crippen molar-refractivity contribution in [1.29, 1.82) is 0 Å². The average Bonchev–Trinajstić information content (AvgIpc) is 3.29. The maximum atomic E-state index is 4.96. The first-order chi connectivity index (χ1) is 13.0. The molecule has 27 heavy (non-hydrogen) atoms. The van der Waals surface area contributed by atoms with E-state index in [2.05, 4.69) is 115 Å². The highest BCUT2D eigenvalue weighted by molar-refractivity contribution is 5.76. The van der Waals surface area contributed by atoms with Crippen LogP contribution in [0.5, 0.6) is 0 Å². The molecule has 0 atom stereocenters. The minimum atomic E-state index is 0.980. The lowest BCUT2D eigenvalue weighted by Gasteiger charge is -2.14. The zero-order valence-electron chi connectivity index (χ0n) is 16.2. The van der Waals surface area contributed by atoms with Gasteiger partial charge in [-0.3, -0.25) is 0 Å². The Kier molecular flexibility index (Phi) is 4.32. The van der Waals surface area contributed by atoms with Crippen LogP contribution < -0.4 is 4.90 Å². The van der Waals surface area contributed by atoms with Crippen LogP contribution in [0, 0.1) is 0 Å². The van der Waals surface area contributed by atoms with Crippen molar-refractivity contribution < 1.29 is 0 Å². The van der Waals surface area contributed by atoms with Crippen molar-refractivity contribution in [2.24, 2.45) is 14.1 Å². The monoisotopic (exact) mass is 356 g/mol. The number of benzene rings is 1. The van der Waals surface area contributed by atoms with Crippen LogP contribution in [0.1, 0.15) is 0 Å². The molecule has 0 radical (unpaired) electrons. The number of hydrogen-bond acceptors (Lipinski definition) is 2. The largest absolute Gasteiger partial charge is 0.378 e. The van der Waals surface area contributed by atoms with E-state index in [1.165, 1.54) is 16.8 Å². The number of aromatic nitrogens is 3. The molecule has 0 fully saturated rings. The molecule has 3 heterocycles. The molecule has 0 amide bonds. The molecule has 0 N–H and O–H groups in total. The molecule has 4 nitrogen and oxygen atoms in total. The Labute approximate surface area is 160 Å². The van der Waals surface area contributed by atoms with Gasteiger partial charge >= 0.3 is 0 Å². The van der Waals surface area contributed by atoms with Gasteiger partial charge in [-0.25, -0.2) is 4.98 Å². The summed E-state index contributed by atoms with van der Waals surface area (Å²) in [6, 6.07) is 21.3. The summed E-state index contributed by atoms with van der Waals surface area (Å²) < 4.78 is 4.21. The van der Waals surface area contributed by atoms with Crippen molar-refractivity contribution in [2.75, 3.05) is 19.0 Å². The van der Waals surface area contributed by atoms with E-state index >= 15 is 0 Å². The van der Waals surface area contributed by atoms with Crippen LogP contribution in [0.2, 0.25) is 0 Å². The van der Waals surface area contributed by atoms with Gasteiger partial charge in [0.25, 0.3) is 0 Å². The lowest BCUT2D eigenvalue weighted by atomic mass is 10.0. The smallest absolute Gasteiger partial charge is 0.0880 e. The zero-order chi connectivity index (χ0) is 19.0. The maximum absolute atomic E-state index is 4.96. The van der Waals surface area contributed by atoms with Crippen LogP contribution >= 0.6 is 0 Å². The molecular formula is C23H24N4. The standard InChI is InChI=1S/C23H24N4/c1-25(2)19-11-9-17(10-12-19)18-15-20(22-7-5-13-26(22)3)24-21(16-18)23-8-6-14-27(23)4/h5-16H,1-4H3. The molecular weight excluding hydrogens is 332 g/mol. The predicted octanol–water partition coefficient (Wildman–Crippen LogP) is 4.83. The molecule has 0 aliphatic rings. The van der Waals surface area contributed by atoms with Crippen molar-refractivity contribution in [2.45, 2.75) is 0 Å². The summed E-state index contributed by atoms with van der Waals surface area (Å²) in [4.78, 5) is 7.07. The van der Waals surface area contributed by atoms with Gasteiger partial charge in [0.15, 0.2) is 0 Å². The number of nitrogens with zero attached hydrogens (tertiary/aromatic N) is 4. The fourth-order valence-electron chi connectivity index (χ4n) is 3.37. The quantitative estimate of drug-likeness (QED) is 0.524. The van der Waals surface area contributed by atoms with Crippen molar-refractivity contribution in [3.8, 4) is 33.9 Å². The summed E-state index contributed by atoms with van der Waals surface area (Å²) in [5.41, 5.74) is 7.73. The van der Waals surface area contributed by atoms with Gasteiger partial charge in [0, 0.05) is 46.3 Å². The van der Waals surface area contributed by atoms with Crippen LogP contribution in [-0.4, -0.2) is 28.2 Å². The molecule has 4 heteroatoms. The molecule has 0 unspecified atom stereocenters. The predicted molar refractivity (Wildman–Crippen MR) is 113 cm³/mol. The molecule has 3 aromatic heterocycles. The third-order valence-electron chi connectivity index (χ3n) is 4.95. The summed E-state index contributed by atoms with van der Waals surface area (Å²) in [7, 11) is 8.22. The highest BCUT2D eigenvalue weighted by Gasteiger charge is 2.12. The third kappa shape index (κ3) is 3.26. The first-order valence-electron chi connectivity index (χ1n) is 9.06. The lowest BCUT2D eigenvalue weighted by Crippen LogP contribution is -2.07. The van der Waals surface area contributed by atoms with E-state index in [4.69, 9.17) is 4.98 Å². The second kappa shape index (κ2) is 6.80. The number of anilines is 1. The number of hydrogen-bond donors (Lipinski definition) is 0. The fourth-order valence-corrected chi connectivity index (χ4v) is 3.37. The Morgan fingerprint density at radius 3 is 1.63 bits per heavy atom. The van der Waals surface area contributed by atoms with E-state index in [-0.39, 0.29) is 0 Å². The summed E-state index contributed by atoms with van der Waals surface area (Å²) >= 11 is 0. The number of rotatable bonds is 4. The van der Waals surface area contributed by atoms with E-state index < -0.39 is 0 Å². The Hall–Kier alpha value is -3.27. The highest BCUT2D eigenvalue weighted by Crippen LogP contribution is 2.31. The minimum Gasteiger partial charge on any atom is -0.378 e. The topological polar surface area (TPSA) is 26.0 Å². The van der Waals surface area contributed by atoms with Gasteiger partial charge in [-0.1, -0.05) is 12.1 Å². The lowest BCUT2D eigenvalue weighted by molar-refractivity contribution is 0.922. The van der Waals surface area contributed by atoms with Crippen LogP contribution in [-0.2, 0) is 14.1 Å². The van der Waals surface area contributed by atoms with Crippen molar-refractivity contribution >= 4 is 5.69 Å². The van der Waals surface area contributed by atoms with Crippen molar-refractivity contribution in [3.63, 3.8) is 0 Å². The van der Waals surface area contributed by atoms with Gasteiger partial charge in [0.2, 0.25) is 0 Å². The van der Waals surface area contributed by atoms with Crippen LogP contribution in [0.4, 0.5) is 5.69 Å². The minimum absolute atomic E-state index is 0.980. The summed E-state index contributed by atoms with van der Waals surface area (Å²) in [5, 5.41) is 0. The van der Waals surface area contributed by atoms with Gasteiger partial charge in [-0.15, -0.1) is 0 Å². The molecule has 4 rings (SSSR count). The van der Waals surface area contributed by atoms with Crippen LogP contribution in [0.15, 0.2) is 73.1 Å². The SMILES string of the molecule is CN(C)c1ccc(-c2cc(-c3cccn3C)nc(-c3cccn3C)c2)cc1. The molecule has 0 saturated carbocycles. The third-order valence-corrected chi connectivity index (χ3v) is 4.95. The summed E-state index contributed by atoms with van der Waals surface area (Å²) in [5.74, 6) is 0. The molecule has 1 aromatic carbocycles. The van der Waals surface area contributed by atoms with Crippen molar-refractivity contribution in [3.05, 3.63) is 73.1 Å². The second-order valence-electron chi connectivity index (χ2n) is 7.08. The Morgan fingerprint density at radius 2 is 1.22 bits per heavy atom. The van der Waals surface area contributed by atoms with Gasteiger partial charge in [0.1, 0.15) is 0 Å². The van der Waals surface area contributed by atoms with E-state index in [0.29, 0.717) is 0 Å². The van der Waals surface area contributed by atoms with E-state index in [9.17, 15) is 0 Å². The van der Waals surface area contributed by atoms with E-state index in [1.54, 1.807) is 0 Å². The zero-order valence-corrected chi connectivity index (χ0v) is 16.2. The second-order valence-corrected chi connectivity index (χ2v) is 7.08. The summed E-state index contributed by atoms with van der Waals surface area (Å²) in [6.45, 7) is 0. The molecule has 0 bridgehead atoms. The van der Waals surface area contributed by atoms with E-state index in [1.807, 2.05) is 0 Å².